The number of rotatable bonds is 6. The SMILES string of the molecule is COc1cccc(NCC(=O)N2CCN(S(=O)(=O)c3cccc(F)c3)CC2)c1. The molecule has 1 aliphatic heterocycles. The van der Waals surface area contributed by atoms with E-state index in [-0.39, 0.29) is 43.5 Å². The lowest BCUT2D eigenvalue weighted by Crippen LogP contribution is -2.51. The third-order valence-corrected chi connectivity index (χ3v) is 6.43. The number of hydrogen-bond acceptors (Lipinski definition) is 5. The first-order valence-electron chi connectivity index (χ1n) is 8.81. The van der Waals surface area contributed by atoms with Crippen molar-refractivity contribution in [1.29, 1.82) is 0 Å². The number of carbonyl (C=O) groups excluding carboxylic acids is 1. The first-order valence-corrected chi connectivity index (χ1v) is 10.3. The minimum absolute atomic E-state index is 0.0769. The van der Waals surface area contributed by atoms with Crippen molar-refractivity contribution in [3.05, 3.63) is 54.3 Å². The van der Waals surface area contributed by atoms with Crippen LogP contribution in [0.1, 0.15) is 0 Å². The number of piperazine rings is 1. The van der Waals surface area contributed by atoms with Gasteiger partial charge < -0.3 is 15.0 Å². The van der Waals surface area contributed by atoms with Crippen LogP contribution in [0.5, 0.6) is 5.75 Å². The molecule has 0 atom stereocenters. The van der Waals surface area contributed by atoms with E-state index < -0.39 is 15.8 Å². The summed E-state index contributed by atoms with van der Waals surface area (Å²) in [5.41, 5.74) is 0.764. The maximum Gasteiger partial charge on any atom is 0.243 e. The van der Waals surface area contributed by atoms with Crippen LogP contribution in [0, 0.1) is 5.82 Å². The van der Waals surface area contributed by atoms with Crippen molar-refractivity contribution in [1.82, 2.24) is 9.21 Å². The van der Waals surface area contributed by atoms with Crippen LogP contribution in [0.2, 0.25) is 0 Å². The molecule has 1 saturated heterocycles. The summed E-state index contributed by atoms with van der Waals surface area (Å²) in [7, 11) is -2.20. The number of halogens is 1. The van der Waals surface area contributed by atoms with Crippen LogP contribution in [0.4, 0.5) is 10.1 Å². The molecule has 1 amide bonds. The van der Waals surface area contributed by atoms with Crippen LogP contribution < -0.4 is 10.1 Å². The number of nitrogens with one attached hydrogen (secondary N) is 1. The van der Waals surface area contributed by atoms with Crippen molar-refractivity contribution in [3.8, 4) is 5.75 Å². The molecule has 2 aromatic rings. The van der Waals surface area contributed by atoms with E-state index in [2.05, 4.69) is 5.32 Å². The van der Waals surface area contributed by atoms with Gasteiger partial charge in [0.2, 0.25) is 15.9 Å². The van der Waals surface area contributed by atoms with E-state index in [1.54, 1.807) is 18.1 Å². The summed E-state index contributed by atoms with van der Waals surface area (Å²) in [4.78, 5) is 14.0. The molecule has 1 aliphatic rings. The Morgan fingerprint density at radius 2 is 1.82 bits per heavy atom. The number of ether oxygens (including phenoxy) is 1. The Balaban J connectivity index is 1.55. The van der Waals surface area contributed by atoms with E-state index in [0.717, 1.165) is 11.8 Å². The van der Waals surface area contributed by atoms with Gasteiger partial charge in [-0.15, -0.1) is 0 Å². The Kier molecular flexibility index (Phi) is 6.15. The summed E-state index contributed by atoms with van der Waals surface area (Å²) in [5, 5.41) is 3.05. The molecule has 0 bridgehead atoms. The predicted molar refractivity (Wildman–Crippen MR) is 103 cm³/mol. The molecule has 9 heteroatoms. The van der Waals surface area contributed by atoms with Crippen molar-refractivity contribution in [2.24, 2.45) is 0 Å². The Morgan fingerprint density at radius 1 is 1.11 bits per heavy atom. The molecule has 1 N–H and O–H groups in total. The molecular weight excluding hydrogens is 385 g/mol. The number of benzene rings is 2. The average Bonchev–Trinajstić information content (AvgIpc) is 2.72. The molecule has 2 aromatic carbocycles. The molecule has 0 saturated carbocycles. The van der Waals surface area contributed by atoms with Crippen molar-refractivity contribution in [2.45, 2.75) is 4.90 Å². The number of sulfonamides is 1. The van der Waals surface area contributed by atoms with Gasteiger partial charge in [-0.1, -0.05) is 12.1 Å². The van der Waals surface area contributed by atoms with Gasteiger partial charge in [0.15, 0.2) is 0 Å². The van der Waals surface area contributed by atoms with E-state index in [0.29, 0.717) is 5.75 Å². The lowest BCUT2D eigenvalue weighted by atomic mass is 10.3. The zero-order valence-electron chi connectivity index (χ0n) is 15.5. The van der Waals surface area contributed by atoms with Gasteiger partial charge in [0, 0.05) is 37.9 Å². The van der Waals surface area contributed by atoms with Crippen LogP contribution in [0.25, 0.3) is 0 Å². The first-order chi connectivity index (χ1) is 13.4. The molecule has 0 aliphatic carbocycles. The van der Waals surface area contributed by atoms with E-state index in [1.165, 1.54) is 22.5 Å². The number of amides is 1. The van der Waals surface area contributed by atoms with Crippen LogP contribution in [0.3, 0.4) is 0 Å². The number of carbonyl (C=O) groups is 1. The van der Waals surface area contributed by atoms with Crippen LogP contribution in [0.15, 0.2) is 53.4 Å². The number of anilines is 1. The fourth-order valence-corrected chi connectivity index (χ4v) is 4.43. The van der Waals surface area contributed by atoms with Gasteiger partial charge >= 0.3 is 0 Å². The summed E-state index contributed by atoms with van der Waals surface area (Å²) < 4.78 is 45.0. The second-order valence-corrected chi connectivity index (χ2v) is 8.27. The second-order valence-electron chi connectivity index (χ2n) is 6.33. The summed E-state index contributed by atoms with van der Waals surface area (Å²) in [6.07, 6.45) is 0. The van der Waals surface area contributed by atoms with Gasteiger partial charge in [-0.3, -0.25) is 4.79 Å². The molecule has 0 spiro atoms. The highest BCUT2D eigenvalue weighted by Crippen LogP contribution is 2.19. The molecule has 150 valence electrons. The maximum absolute atomic E-state index is 13.4. The molecular formula is C19H22FN3O4S. The summed E-state index contributed by atoms with van der Waals surface area (Å²) >= 11 is 0. The highest BCUT2D eigenvalue weighted by Gasteiger charge is 2.30. The second kappa shape index (κ2) is 8.57. The van der Waals surface area contributed by atoms with Gasteiger partial charge in [-0.2, -0.15) is 4.31 Å². The Labute approximate surface area is 163 Å². The maximum atomic E-state index is 13.4. The highest BCUT2D eigenvalue weighted by molar-refractivity contribution is 7.89. The quantitative estimate of drug-likeness (QED) is 0.790. The first kappa shape index (κ1) is 20.1. The molecule has 0 radical (unpaired) electrons. The molecule has 0 aromatic heterocycles. The number of methoxy groups -OCH3 is 1. The summed E-state index contributed by atoms with van der Waals surface area (Å²) in [6.45, 7) is 1.01. The van der Waals surface area contributed by atoms with E-state index in [9.17, 15) is 17.6 Å². The van der Waals surface area contributed by atoms with Crippen molar-refractivity contribution < 1.29 is 22.3 Å². The predicted octanol–water partition coefficient (Wildman–Crippen LogP) is 1.78. The lowest BCUT2D eigenvalue weighted by molar-refractivity contribution is -0.130. The van der Waals surface area contributed by atoms with E-state index in [1.807, 2.05) is 18.2 Å². The Bertz CT molecular complexity index is 944. The number of nitrogens with zero attached hydrogens (tertiary/aromatic N) is 2. The Morgan fingerprint density at radius 3 is 2.50 bits per heavy atom. The molecule has 7 nitrogen and oxygen atoms in total. The normalized spacial score (nSPS) is 15.3. The topological polar surface area (TPSA) is 79.0 Å². The minimum Gasteiger partial charge on any atom is -0.497 e. The highest BCUT2D eigenvalue weighted by atomic mass is 32.2. The van der Waals surface area contributed by atoms with Gasteiger partial charge in [-0.25, -0.2) is 12.8 Å². The fourth-order valence-electron chi connectivity index (χ4n) is 2.98. The molecule has 3 rings (SSSR count). The van der Waals surface area contributed by atoms with Gasteiger partial charge in [0.25, 0.3) is 0 Å². The third-order valence-electron chi connectivity index (χ3n) is 4.54. The minimum atomic E-state index is -3.77. The van der Waals surface area contributed by atoms with Gasteiger partial charge in [0.1, 0.15) is 11.6 Å². The zero-order valence-corrected chi connectivity index (χ0v) is 16.3. The smallest absolute Gasteiger partial charge is 0.243 e. The average molecular weight is 407 g/mol. The van der Waals surface area contributed by atoms with Crippen molar-refractivity contribution in [2.75, 3.05) is 45.2 Å². The zero-order chi connectivity index (χ0) is 20.1. The standard InChI is InChI=1S/C19H22FN3O4S/c1-27-17-6-3-5-16(13-17)21-14-19(24)22-8-10-23(11-9-22)28(25,26)18-7-2-4-15(20)12-18/h2-7,12-13,21H,8-11,14H2,1H3. The summed E-state index contributed by atoms with van der Waals surface area (Å²) in [5.74, 6) is -0.0299. The van der Waals surface area contributed by atoms with Gasteiger partial charge in [-0.05, 0) is 30.3 Å². The number of hydrogen-bond donors (Lipinski definition) is 1. The van der Waals surface area contributed by atoms with Crippen LogP contribution in [-0.4, -0.2) is 63.4 Å². The van der Waals surface area contributed by atoms with Crippen LogP contribution in [-0.2, 0) is 14.8 Å². The molecule has 0 unspecified atom stereocenters. The van der Waals surface area contributed by atoms with E-state index in [4.69, 9.17) is 4.74 Å². The largest absolute Gasteiger partial charge is 0.497 e. The lowest BCUT2D eigenvalue weighted by Gasteiger charge is -2.34. The molecule has 1 heterocycles. The molecule has 28 heavy (non-hydrogen) atoms. The van der Waals surface area contributed by atoms with Crippen molar-refractivity contribution in [3.63, 3.8) is 0 Å². The van der Waals surface area contributed by atoms with E-state index >= 15 is 0 Å². The van der Waals surface area contributed by atoms with Crippen LogP contribution >= 0.6 is 0 Å². The monoisotopic (exact) mass is 407 g/mol. The van der Waals surface area contributed by atoms with Gasteiger partial charge in [0.05, 0.1) is 18.6 Å². The Hall–Kier alpha value is -2.65. The molecule has 1 fully saturated rings. The third kappa shape index (κ3) is 4.60. The fraction of sp³-hybridized carbons (Fsp3) is 0.316. The van der Waals surface area contributed by atoms with Crippen molar-refractivity contribution >= 4 is 21.6 Å². The summed E-state index contributed by atoms with van der Waals surface area (Å²) in [6, 6.07) is 12.2.